The van der Waals surface area contributed by atoms with E-state index in [0.29, 0.717) is 6.04 Å². The topological polar surface area (TPSA) is 12.0 Å². The molecule has 0 amide bonds. The highest BCUT2D eigenvalue weighted by atomic mass is 19.1. The average Bonchev–Trinajstić information content (AvgIpc) is 3.24. The van der Waals surface area contributed by atoms with E-state index in [0.717, 1.165) is 23.2 Å². The van der Waals surface area contributed by atoms with Gasteiger partial charge in [-0.15, -0.1) is 0 Å². The molecule has 2 aromatic rings. The third-order valence-electron chi connectivity index (χ3n) is 3.68. The zero-order chi connectivity index (χ0) is 13.2. The Labute approximate surface area is 113 Å². The molecule has 0 bridgehead atoms. The fourth-order valence-corrected chi connectivity index (χ4v) is 2.32. The highest BCUT2D eigenvalue weighted by Gasteiger charge is 2.19. The van der Waals surface area contributed by atoms with E-state index in [4.69, 9.17) is 0 Å². The summed E-state index contributed by atoms with van der Waals surface area (Å²) in [6.45, 7) is 2.73. The lowest BCUT2D eigenvalue weighted by Crippen LogP contribution is -2.15. The zero-order valence-corrected chi connectivity index (χ0v) is 11.1. The van der Waals surface area contributed by atoms with E-state index in [1.807, 2.05) is 25.1 Å². The molecule has 98 valence electrons. The number of hydrogen-bond acceptors (Lipinski definition) is 1. The molecule has 2 aromatic carbocycles. The molecule has 19 heavy (non-hydrogen) atoms. The molecule has 2 heteroatoms. The molecular formula is C17H18FN. The van der Waals surface area contributed by atoms with Crippen LogP contribution in [0.2, 0.25) is 0 Å². The second-order valence-electron chi connectivity index (χ2n) is 5.27. The minimum absolute atomic E-state index is 0.140. The van der Waals surface area contributed by atoms with Crippen LogP contribution in [0.5, 0.6) is 0 Å². The maximum absolute atomic E-state index is 13.6. The first-order valence-electron chi connectivity index (χ1n) is 6.82. The highest BCUT2D eigenvalue weighted by molar-refractivity contribution is 5.67. The van der Waals surface area contributed by atoms with Crippen LogP contribution in [-0.4, -0.2) is 6.04 Å². The first-order chi connectivity index (χ1) is 9.24. The van der Waals surface area contributed by atoms with Gasteiger partial charge >= 0.3 is 0 Å². The van der Waals surface area contributed by atoms with Gasteiger partial charge in [0.25, 0.3) is 0 Å². The second-order valence-corrected chi connectivity index (χ2v) is 5.27. The van der Waals surface area contributed by atoms with E-state index in [2.05, 4.69) is 17.4 Å². The maximum Gasteiger partial charge on any atom is 0.126 e. The van der Waals surface area contributed by atoms with Gasteiger partial charge in [0.1, 0.15) is 5.82 Å². The van der Waals surface area contributed by atoms with Crippen molar-refractivity contribution < 1.29 is 4.39 Å². The Kier molecular flexibility index (Phi) is 3.34. The number of hydrogen-bond donors (Lipinski definition) is 1. The van der Waals surface area contributed by atoms with Crippen LogP contribution in [0.1, 0.15) is 24.0 Å². The van der Waals surface area contributed by atoms with E-state index in [-0.39, 0.29) is 5.82 Å². The first-order valence-corrected chi connectivity index (χ1v) is 6.82. The van der Waals surface area contributed by atoms with Crippen LogP contribution in [0, 0.1) is 12.7 Å². The van der Waals surface area contributed by atoms with Gasteiger partial charge in [0.15, 0.2) is 0 Å². The Bertz CT molecular complexity index is 588. The molecule has 0 aliphatic heterocycles. The number of halogens is 1. The van der Waals surface area contributed by atoms with E-state index >= 15 is 0 Å². The fourth-order valence-electron chi connectivity index (χ4n) is 2.32. The molecule has 1 nitrogen and oxygen atoms in total. The Balaban J connectivity index is 1.86. The number of benzene rings is 2. The molecule has 1 aliphatic rings. The van der Waals surface area contributed by atoms with Gasteiger partial charge in [-0.3, -0.25) is 0 Å². The average molecular weight is 255 g/mol. The van der Waals surface area contributed by atoms with Crippen molar-refractivity contribution in [3.63, 3.8) is 0 Å². The molecule has 0 radical (unpaired) electrons. The predicted octanol–water partition coefficient (Wildman–Crippen LogP) is 4.05. The van der Waals surface area contributed by atoms with Gasteiger partial charge in [0.05, 0.1) is 0 Å². The van der Waals surface area contributed by atoms with Crippen LogP contribution >= 0.6 is 0 Å². The lowest BCUT2D eigenvalue weighted by atomic mass is 9.98. The van der Waals surface area contributed by atoms with Gasteiger partial charge in [0.2, 0.25) is 0 Å². The summed E-state index contributed by atoms with van der Waals surface area (Å²) >= 11 is 0. The number of nitrogens with one attached hydrogen (secondary N) is 1. The highest BCUT2D eigenvalue weighted by Crippen LogP contribution is 2.26. The van der Waals surface area contributed by atoms with Crippen LogP contribution in [0.15, 0.2) is 42.5 Å². The van der Waals surface area contributed by atoms with Crippen LogP contribution < -0.4 is 5.32 Å². The molecule has 0 atom stereocenters. The van der Waals surface area contributed by atoms with Gasteiger partial charge in [-0.25, -0.2) is 4.39 Å². The summed E-state index contributed by atoms with van der Waals surface area (Å²) in [5.74, 6) is -0.140. The summed E-state index contributed by atoms with van der Waals surface area (Å²) < 4.78 is 13.6. The molecule has 0 unspecified atom stereocenters. The predicted molar refractivity (Wildman–Crippen MR) is 76.4 cm³/mol. The minimum atomic E-state index is -0.140. The quantitative estimate of drug-likeness (QED) is 0.869. The third kappa shape index (κ3) is 2.85. The SMILES string of the molecule is Cc1c(F)cccc1-c1cccc(CNC2CC2)c1. The molecule has 0 spiro atoms. The van der Waals surface area contributed by atoms with Crippen LogP contribution in [-0.2, 0) is 6.54 Å². The molecule has 0 aromatic heterocycles. The van der Waals surface area contributed by atoms with Gasteiger partial charge in [0, 0.05) is 12.6 Å². The summed E-state index contributed by atoms with van der Waals surface area (Å²) in [5, 5.41) is 3.50. The van der Waals surface area contributed by atoms with Crippen molar-refractivity contribution in [2.45, 2.75) is 32.4 Å². The van der Waals surface area contributed by atoms with Crippen LogP contribution in [0.3, 0.4) is 0 Å². The Hall–Kier alpha value is -1.67. The van der Waals surface area contributed by atoms with Gasteiger partial charge in [-0.05, 0) is 54.2 Å². The van der Waals surface area contributed by atoms with Crippen molar-refractivity contribution in [2.75, 3.05) is 0 Å². The van der Waals surface area contributed by atoms with Crippen molar-refractivity contribution in [3.8, 4) is 11.1 Å². The summed E-state index contributed by atoms with van der Waals surface area (Å²) in [5.41, 5.74) is 4.04. The number of rotatable bonds is 4. The standard InChI is InChI=1S/C17H18FN/c1-12-16(6-3-7-17(12)18)14-5-2-4-13(10-14)11-19-15-8-9-15/h2-7,10,15,19H,8-9,11H2,1H3. The summed E-state index contributed by atoms with van der Waals surface area (Å²) in [6, 6.07) is 14.3. The molecule has 0 saturated heterocycles. The second kappa shape index (κ2) is 5.14. The Morgan fingerprint density at radius 1 is 1.16 bits per heavy atom. The largest absolute Gasteiger partial charge is 0.310 e. The van der Waals surface area contributed by atoms with Crippen molar-refractivity contribution in [1.29, 1.82) is 0 Å². The fraction of sp³-hybridized carbons (Fsp3) is 0.294. The van der Waals surface area contributed by atoms with Gasteiger partial charge in [-0.1, -0.05) is 30.3 Å². The van der Waals surface area contributed by atoms with Crippen molar-refractivity contribution >= 4 is 0 Å². The molecule has 3 rings (SSSR count). The van der Waals surface area contributed by atoms with E-state index in [9.17, 15) is 4.39 Å². The van der Waals surface area contributed by atoms with Crippen LogP contribution in [0.4, 0.5) is 4.39 Å². The lowest BCUT2D eigenvalue weighted by molar-refractivity contribution is 0.619. The molecule has 1 fully saturated rings. The minimum Gasteiger partial charge on any atom is -0.310 e. The van der Waals surface area contributed by atoms with E-state index in [1.165, 1.54) is 24.5 Å². The van der Waals surface area contributed by atoms with Crippen molar-refractivity contribution in [1.82, 2.24) is 5.32 Å². The zero-order valence-electron chi connectivity index (χ0n) is 11.1. The van der Waals surface area contributed by atoms with Gasteiger partial charge < -0.3 is 5.32 Å². The van der Waals surface area contributed by atoms with Crippen molar-refractivity contribution in [3.05, 3.63) is 59.4 Å². The maximum atomic E-state index is 13.6. The third-order valence-corrected chi connectivity index (χ3v) is 3.68. The molecule has 1 saturated carbocycles. The molecule has 1 aliphatic carbocycles. The van der Waals surface area contributed by atoms with Crippen molar-refractivity contribution in [2.24, 2.45) is 0 Å². The first kappa shape index (κ1) is 12.4. The summed E-state index contributed by atoms with van der Waals surface area (Å²) in [7, 11) is 0. The molecular weight excluding hydrogens is 237 g/mol. The summed E-state index contributed by atoms with van der Waals surface area (Å²) in [4.78, 5) is 0. The van der Waals surface area contributed by atoms with Gasteiger partial charge in [-0.2, -0.15) is 0 Å². The lowest BCUT2D eigenvalue weighted by Gasteiger charge is -2.09. The summed E-state index contributed by atoms with van der Waals surface area (Å²) in [6.07, 6.45) is 2.59. The van der Waals surface area contributed by atoms with E-state index < -0.39 is 0 Å². The monoisotopic (exact) mass is 255 g/mol. The van der Waals surface area contributed by atoms with E-state index in [1.54, 1.807) is 6.07 Å². The molecule has 0 heterocycles. The molecule has 1 N–H and O–H groups in total. The Morgan fingerprint density at radius 2 is 1.95 bits per heavy atom. The van der Waals surface area contributed by atoms with Crippen LogP contribution in [0.25, 0.3) is 11.1 Å². The smallest absolute Gasteiger partial charge is 0.126 e. The Morgan fingerprint density at radius 3 is 2.74 bits per heavy atom. The normalized spacial score (nSPS) is 14.6.